The lowest BCUT2D eigenvalue weighted by Gasteiger charge is -2.13. The highest BCUT2D eigenvalue weighted by atomic mass is 79.9. The van der Waals surface area contributed by atoms with Gasteiger partial charge in [0.1, 0.15) is 5.75 Å². The first kappa shape index (κ1) is 19.1. The molecule has 0 spiro atoms. The SMILES string of the molecule is O=C(COc1ccc(Cl)cc1Cl)N/N=C/c1cc(Br)c(N2CCCC2)o1. The van der Waals surface area contributed by atoms with Gasteiger partial charge in [-0.15, -0.1) is 0 Å². The molecule has 26 heavy (non-hydrogen) atoms. The largest absolute Gasteiger partial charge is 0.482 e. The molecule has 6 nitrogen and oxygen atoms in total. The highest BCUT2D eigenvalue weighted by Crippen LogP contribution is 2.32. The smallest absolute Gasteiger partial charge is 0.277 e. The molecule has 9 heteroatoms. The van der Waals surface area contributed by atoms with Gasteiger partial charge in [-0.05, 0) is 47.0 Å². The first-order valence-corrected chi connectivity index (χ1v) is 9.52. The molecule has 0 radical (unpaired) electrons. The van der Waals surface area contributed by atoms with Crippen LogP contribution in [0.25, 0.3) is 0 Å². The van der Waals surface area contributed by atoms with E-state index >= 15 is 0 Å². The Kier molecular flexibility index (Phi) is 6.45. The summed E-state index contributed by atoms with van der Waals surface area (Å²) in [6.45, 7) is 1.73. The zero-order valence-electron chi connectivity index (χ0n) is 13.7. The van der Waals surface area contributed by atoms with Gasteiger partial charge in [-0.3, -0.25) is 4.79 Å². The van der Waals surface area contributed by atoms with E-state index in [9.17, 15) is 4.79 Å². The summed E-state index contributed by atoms with van der Waals surface area (Å²) in [5.74, 6) is 1.29. The van der Waals surface area contributed by atoms with Crippen LogP contribution in [0.1, 0.15) is 18.6 Å². The number of carbonyl (C=O) groups excluding carboxylic acids is 1. The Morgan fingerprint density at radius 2 is 2.12 bits per heavy atom. The minimum atomic E-state index is -0.419. The van der Waals surface area contributed by atoms with Crippen LogP contribution in [0, 0.1) is 0 Å². The van der Waals surface area contributed by atoms with Crippen LogP contribution >= 0.6 is 39.1 Å². The molecule has 0 atom stereocenters. The number of carbonyl (C=O) groups is 1. The van der Waals surface area contributed by atoms with Gasteiger partial charge in [0, 0.05) is 24.2 Å². The molecule has 138 valence electrons. The van der Waals surface area contributed by atoms with Gasteiger partial charge in [0.2, 0.25) is 5.88 Å². The molecule has 2 aromatic rings. The van der Waals surface area contributed by atoms with Gasteiger partial charge in [-0.1, -0.05) is 23.2 Å². The van der Waals surface area contributed by atoms with E-state index in [1.54, 1.807) is 18.2 Å². The molecule has 1 amide bonds. The van der Waals surface area contributed by atoms with Crippen LogP contribution < -0.4 is 15.1 Å². The Morgan fingerprint density at radius 1 is 1.35 bits per heavy atom. The number of hydrogen-bond acceptors (Lipinski definition) is 5. The molecular weight excluding hydrogens is 445 g/mol. The lowest BCUT2D eigenvalue weighted by molar-refractivity contribution is -0.123. The van der Waals surface area contributed by atoms with Crippen molar-refractivity contribution in [2.45, 2.75) is 12.8 Å². The number of benzene rings is 1. The molecule has 1 aromatic heterocycles. The van der Waals surface area contributed by atoms with Gasteiger partial charge >= 0.3 is 0 Å². The number of halogens is 3. The molecule has 0 bridgehead atoms. The van der Waals surface area contributed by atoms with E-state index in [1.165, 1.54) is 6.21 Å². The number of hydrogen-bond donors (Lipinski definition) is 1. The van der Waals surface area contributed by atoms with Crippen LogP contribution in [0.4, 0.5) is 5.88 Å². The number of nitrogens with zero attached hydrogens (tertiary/aromatic N) is 2. The van der Waals surface area contributed by atoms with Gasteiger partial charge in [0.15, 0.2) is 12.4 Å². The van der Waals surface area contributed by atoms with Crippen LogP contribution in [0.5, 0.6) is 5.75 Å². The van der Waals surface area contributed by atoms with Crippen molar-refractivity contribution in [2.24, 2.45) is 5.10 Å². The van der Waals surface area contributed by atoms with E-state index in [4.69, 9.17) is 32.4 Å². The van der Waals surface area contributed by atoms with E-state index < -0.39 is 5.91 Å². The second kappa shape index (κ2) is 8.79. The van der Waals surface area contributed by atoms with Crippen molar-refractivity contribution in [2.75, 3.05) is 24.6 Å². The Morgan fingerprint density at radius 3 is 2.85 bits per heavy atom. The van der Waals surface area contributed by atoms with Gasteiger partial charge in [0.05, 0.1) is 15.7 Å². The van der Waals surface area contributed by atoms with Gasteiger partial charge in [0.25, 0.3) is 5.91 Å². The van der Waals surface area contributed by atoms with Crippen LogP contribution in [0.3, 0.4) is 0 Å². The number of ether oxygens (including phenoxy) is 1. The Labute approximate surface area is 169 Å². The van der Waals surface area contributed by atoms with Gasteiger partial charge in [-0.2, -0.15) is 5.10 Å². The first-order valence-electron chi connectivity index (χ1n) is 7.97. The van der Waals surface area contributed by atoms with E-state index in [-0.39, 0.29) is 6.61 Å². The van der Waals surface area contributed by atoms with Crippen molar-refractivity contribution in [3.05, 3.63) is 44.5 Å². The average molecular weight is 461 g/mol. The lowest BCUT2D eigenvalue weighted by atomic mass is 10.3. The van der Waals surface area contributed by atoms with Crippen LogP contribution in [-0.2, 0) is 4.79 Å². The molecule has 2 heterocycles. The maximum atomic E-state index is 11.8. The van der Waals surface area contributed by atoms with E-state index in [2.05, 4.69) is 31.4 Å². The molecule has 0 aliphatic carbocycles. The predicted octanol–water partition coefficient (Wildman–Crippen LogP) is 4.48. The Bertz CT molecular complexity index is 820. The maximum Gasteiger partial charge on any atom is 0.277 e. The first-order chi connectivity index (χ1) is 12.5. The molecule has 0 unspecified atom stereocenters. The van der Waals surface area contributed by atoms with Crippen molar-refractivity contribution in [1.29, 1.82) is 0 Å². The fraction of sp³-hybridized carbons (Fsp3) is 0.294. The third-order valence-electron chi connectivity index (χ3n) is 3.71. The lowest BCUT2D eigenvalue weighted by Crippen LogP contribution is -2.24. The molecular formula is C17H16BrCl2N3O3. The number of amides is 1. The standard InChI is InChI=1S/C17H16BrCl2N3O3/c18-13-8-12(26-17(13)23-5-1-2-6-23)9-21-22-16(24)10-25-15-4-3-11(19)7-14(15)20/h3-4,7-9H,1-2,5-6,10H2,(H,22,24)/b21-9+. The highest BCUT2D eigenvalue weighted by Gasteiger charge is 2.19. The zero-order chi connectivity index (χ0) is 18.5. The van der Waals surface area contributed by atoms with E-state index in [0.29, 0.717) is 21.6 Å². The predicted molar refractivity (Wildman–Crippen MR) is 106 cm³/mol. The monoisotopic (exact) mass is 459 g/mol. The molecule has 3 rings (SSSR count). The molecule has 1 aliphatic rings. The summed E-state index contributed by atoms with van der Waals surface area (Å²) in [5, 5.41) is 4.71. The Balaban J connectivity index is 1.50. The number of anilines is 1. The topological polar surface area (TPSA) is 67.1 Å². The quantitative estimate of drug-likeness (QED) is 0.509. The maximum absolute atomic E-state index is 11.8. The summed E-state index contributed by atoms with van der Waals surface area (Å²) in [7, 11) is 0. The van der Waals surface area contributed by atoms with Crippen LogP contribution in [-0.4, -0.2) is 31.8 Å². The summed E-state index contributed by atoms with van der Waals surface area (Å²) in [4.78, 5) is 14.0. The molecule has 1 N–H and O–H groups in total. The van der Waals surface area contributed by atoms with Crippen molar-refractivity contribution >= 4 is 57.1 Å². The molecule has 1 fully saturated rings. The second-order valence-electron chi connectivity index (χ2n) is 5.65. The van der Waals surface area contributed by atoms with Gasteiger partial charge in [-0.25, -0.2) is 5.43 Å². The van der Waals surface area contributed by atoms with Crippen LogP contribution in [0.15, 0.2) is 38.3 Å². The second-order valence-corrected chi connectivity index (χ2v) is 7.35. The minimum absolute atomic E-state index is 0.223. The third-order valence-corrected chi connectivity index (χ3v) is 4.81. The number of hydrazone groups is 1. The van der Waals surface area contributed by atoms with Crippen molar-refractivity contribution in [3.8, 4) is 5.75 Å². The zero-order valence-corrected chi connectivity index (χ0v) is 16.8. The number of rotatable bonds is 6. The highest BCUT2D eigenvalue weighted by molar-refractivity contribution is 9.10. The number of nitrogens with one attached hydrogen (secondary N) is 1. The van der Waals surface area contributed by atoms with Gasteiger partial charge < -0.3 is 14.1 Å². The van der Waals surface area contributed by atoms with E-state index in [1.807, 2.05) is 6.07 Å². The third kappa shape index (κ3) is 4.93. The number of furan rings is 1. The molecule has 1 aromatic carbocycles. The van der Waals surface area contributed by atoms with Crippen molar-refractivity contribution in [1.82, 2.24) is 5.43 Å². The fourth-order valence-electron chi connectivity index (χ4n) is 2.51. The fourth-order valence-corrected chi connectivity index (χ4v) is 3.53. The molecule has 1 aliphatic heterocycles. The minimum Gasteiger partial charge on any atom is -0.482 e. The summed E-state index contributed by atoms with van der Waals surface area (Å²) >= 11 is 15.3. The van der Waals surface area contributed by atoms with E-state index in [0.717, 1.165) is 36.3 Å². The molecule has 1 saturated heterocycles. The van der Waals surface area contributed by atoms with Crippen molar-refractivity contribution < 1.29 is 13.9 Å². The average Bonchev–Trinajstić information content (AvgIpc) is 3.23. The summed E-state index contributed by atoms with van der Waals surface area (Å²) in [6.07, 6.45) is 3.76. The summed E-state index contributed by atoms with van der Waals surface area (Å²) < 4.78 is 12.0. The summed E-state index contributed by atoms with van der Waals surface area (Å²) in [6, 6.07) is 6.58. The normalized spacial score (nSPS) is 14.2. The molecule has 0 saturated carbocycles. The van der Waals surface area contributed by atoms with Crippen LogP contribution in [0.2, 0.25) is 10.0 Å². The summed E-state index contributed by atoms with van der Waals surface area (Å²) in [5.41, 5.74) is 2.38. The van der Waals surface area contributed by atoms with Crippen molar-refractivity contribution in [3.63, 3.8) is 0 Å². The Hall–Kier alpha value is -1.70.